The normalized spacial score (nSPS) is 14.2. The van der Waals surface area contributed by atoms with E-state index in [1.165, 1.54) is 0 Å². The third-order valence-electron chi connectivity index (χ3n) is 3.15. The Morgan fingerprint density at radius 2 is 2.25 bits per heavy atom. The third-order valence-corrected chi connectivity index (χ3v) is 3.15. The molecule has 0 aromatic carbocycles. The molecule has 0 saturated heterocycles. The van der Waals surface area contributed by atoms with Crippen LogP contribution in [0.5, 0.6) is 5.75 Å². The number of aromatic nitrogens is 1. The zero-order valence-electron chi connectivity index (χ0n) is 9.29. The Morgan fingerprint density at radius 1 is 1.50 bits per heavy atom. The lowest BCUT2D eigenvalue weighted by molar-refractivity contribution is 0.446. The van der Waals surface area contributed by atoms with E-state index in [1.807, 2.05) is 13.0 Å². The van der Waals surface area contributed by atoms with Crippen LogP contribution in [-0.4, -0.2) is 9.67 Å². The molecule has 1 aliphatic rings. The van der Waals surface area contributed by atoms with E-state index in [-0.39, 0.29) is 16.9 Å². The molecule has 0 atom stereocenters. The Balaban J connectivity index is 2.81. The second-order valence-electron chi connectivity index (χ2n) is 4.03. The van der Waals surface area contributed by atoms with Gasteiger partial charge in [0.05, 0.1) is 5.56 Å². The SMILES string of the molecule is CCc1c(O)c(C#N)c2n(c1=O)CCCC2. The highest BCUT2D eigenvalue weighted by atomic mass is 16.3. The van der Waals surface area contributed by atoms with E-state index in [1.54, 1.807) is 4.57 Å². The fourth-order valence-electron chi connectivity index (χ4n) is 2.30. The minimum Gasteiger partial charge on any atom is -0.506 e. The van der Waals surface area contributed by atoms with E-state index in [0.29, 0.717) is 30.6 Å². The highest BCUT2D eigenvalue weighted by molar-refractivity contribution is 5.50. The Hall–Kier alpha value is -1.76. The summed E-state index contributed by atoms with van der Waals surface area (Å²) < 4.78 is 1.65. The molecule has 4 heteroatoms. The van der Waals surface area contributed by atoms with Crippen LogP contribution in [0.4, 0.5) is 0 Å². The van der Waals surface area contributed by atoms with Crippen molar-refractivity contribution in [1.82, 2.24) is 4.57 Å². The monoisotopic (exact) mass is 218 g/mol. The Kier molecular flexibility index (Phi) is 2.69. The van der Waals surface area contributed by atoms with E-state index in [9.17, 15) is 9.90 Å². The van der Waals surface area contributed by atoms with Crippen molar-refractivity contribution in [3.05, 3.63) is 27.2 Å². The molecule has 4 nitrogen and oxygen atoms in total. The van der Waals surface area contributed by atoms with Gasteiger partial charge in [0.2, 0.25) is 0 Å². The second-order valence-corrected chi connectivity index (χ2v) is 4.03. The van der Waals surface area contributed by atoms with E-state index in [2.05, 4.69) is 0 Å². The average Bonchev–Trinajstić information content (AvgIpc) is 2.30. The predicted octanol–water partition coefficient (Wildman–Crippen LogP) is 1.32. The van der Waals surface area contributed by atoms with Crippen molar-refractivity contribution in [2.45, 2.75) is 39.2 Å². The van der Waals surface area contributed by atoms with Crippen LogP contribution < -0.4 is 5.56 Å². The van der Waals surface area contributed by atoms with Crippen LogP contribution >= 0.6 is 0 Å². The van der Waals surface area contributed by atoms with Gasteiger partial charge in [0.1, 0.15) is 17.4 Å². The lowest BCUT2D eigenvalue weighted by atomic mass is 10.00. The summed E-state index contributed by atoms with van der Waals surface area (Å²) in [6.45, 7) is 2.48. The largest absolute Gasteiger partial charge is 0.506 e. The fourth-order valence-corrected chi connectivity index (χ4v) is 2.30. The van der Waals surface area contributed by atoms with Gasteiger partial charge in [-0.1, -0.05) is 6.92 Å². The Bertz CT molecular complexity index is 523. The molecule has 84 valence electrons. The lowest BCUT2D eigenvalue weighted by Crippen LogP contribution is -2.30. The first-order valence-electron chi connectivity index (χ1n) is 5.58. The molecular weight excluding hydrogens is 204 g/mol. The molecule has 2 rings (SSSR count). The summed E-state index contributed by atoms with van der Waals surface area (Å²) in [5, 5.41) is 18.9. The van der Waals surface area contributed by atoms with Gasteiger partial charge in [0, 0.05) is 12.2 Å². The van der Waals surface area contributed by atoms with E-state index >= 15 is 0 Å². The highest BCUT2D eigenvalue weighted by Crippen LogP contribution is 2.26. The molecule has 0 aliphatic carbocycles. The number of rotatable bonds is 1. The maximum absolute atomic E-state index is 12.0. The average molecular weight is 218 g/mol. The van der Waals surface area contributed by atoms with Gasteiger partial charge in [-0.2, -0.15) is 5.26 Å². The van der Waals surface area contributed by atoms with Crippen molar-refractivity contribution in [2.75, 3.05) is 0 Å². The van der Waals surface area contributed by atoms with Crippen LogP contribution in [0.2, 0.25) is 0 Å². The van der Waals surface area contributed by atoms with Crippen molar-refractivity contribution in [3.8, 4) is 11.8 Å². The Labute approximate surface area is 93.8 Å². The van der Waals surface area contributed by atoms with Crippen molar-refractivity contribution in [1.29, 1.82) is 5.26 Å². The number of hydrogen-bond donors (Lipinski definition) is 1. The zero-order valence-corrected chi connectivity index (χ0v) is 9.29. The van der Waals surface area contributed by atoms with Crippen molar-refractivity contribution in [3.63, 3.8) is 0 Å². The first-order valence-corrected chi connectivity index (χ1v) is 5.58. The quantitative estimate of drug-likeness (QED) is 0.773. The molecule has 0 unspecified atom stereocenters. The minimum atomic E-state index is -0.131. The molecule has 1 aromatic rings. The van der Waals surface area contributed by atoms with E-state index in [0.717, 1.165) is 12.8 Å². The second kappa shape index (κ2) is 4.01. The van der Waals surface area contributed by atoms with Gasteiger partial charge >= 0.3 is 0 Å². The first kappa shape index (κ1) is 10.7. The molecule has 1 aliphatic heterocycles. The van der Waals surface area contributed by atoms with Gasteiger partial charge in [-0.3, -0.25) is 4.79 Å². The van der Waals surface area contributed by atoms with Gasteiger partial charge in [-0.05, 0) is 25.7 Å². The molecule has 1 N–H and O–H groups in total. The smallest absolute Gasteiger partial charge is 0.257 e. The standard InChI is InChI=1S/C12H14N2O2/c1-2-8-11(15)9(7-13)10-5-3-4-6-14(10)12(8)16/h15H,2-6H2,1H3. The summed E-state index contributed by atoms with van der Waals surface area (Å²) in [5.41, 5.74) is 1.22. The summed E-state index contributed by atoms with van der Waals surface area (Å²) in [7, 11) is 0. The van der Waals surface area contributed by atoms with Gasteiger partial charge < -0.3 is 9.67 Å². The minimum absolute atomic E-state index is 0.108. The number of hydrogen-bond acceptors (Lipinski definition) is 3. The number of aromatic hydroxyl groups is 1. The highest BCUT2D eigenvalue weighted by Gasteiger charge is 2.21. The summed E-state index contributed by atoms with van der Waals surface area (Å²) in [5.74, 6) is -0.108. The summed E-state index contributed by atoms with van der Waals surface area (Å²) in [6.07, 6.45) is 3.10. The zero-order chi connectivity index (χ0) is 11.7. The van der Waals surface area contributed by atoms with E-state index < -0.39 is 0 Å². The number of nitrogens with zero attached hydrogens (tertiary/aromatic N) is 2. The summed E-state index contributed by atoms with van der Waals surface area (Å²) >= 11 is 0. The van der Waals surface area contributed by atoms with Crippen LogP contribution in [0.25, 0.3) is 0 Å². The lowest BCUT2D eigenvalue weighted by Gasteiger charge is -2.21. The van der Waals surface area contributed by atoms with Crippen molar-refractivity contribution < 1.29 is 5.11 Å². The molecule has 0 amide bonds. The first-order chi connectivity index (χ1) is 7.70. The molecule has 0 spiro atoms. The van der Waals surface area contributed by atoms with Crippen LogP contribution in [0.3, 0.4) is 0 Å². The van der Waals surface area contributed by atoms with Crippen LogP contribution in [0.15, 0.2) is 4.79 Å². The molecular formula is C12H14N2O2. The molecule has 0 bridgehead atoms. The van der Waals surface area contributed by atoms with Crippen LogP contribution in [-0.2, 0) is 19.4 Å². The molecule has 1 aromatic heterocycles. The maximum Gasteiger partial charge on any atom is 0.257 e. The molecule has 0 saturated carbocycles. The number of nitriles is 1. The van der Waals surface area contributed by atoms with Crippen molar-refractivity contribution >= 4 is 0 Å². The molecule has 16 heavy (non-hydrogen) atoms. The Morgan fingerprint density at radius 3 is 2.88 bits per heavy atom. The van der Waals surface area contributed by atoms with E-state index in [4.69, 9.17) is 5.26 Å². The van der Waals surface area contributed by atoms with Gasteiger partial charge in [-0.25, -0.2) is 0 Å². The topological polar surface area (TPSA) is 66.0 Å². The number of fused-ring (bicyclic) bond motifs is 1. The van der Waals surface area contributed by atoms with Crippen LogP contribution in [0.1, 0.15) is 36.6 Å². The van der Waals surface area contributed by atoms with Gasteiger partial charge in [0.15, 0.2) is 0 Å². The predicted molar refractivity (Wildman–Crippen MR) is 59.4 cm³/mol. The molecule has 0 radical (unpaired) electrons. The third kappa shape index (κ3) is 1.40. The summed E-state index contributed by atoms with van der Waals surface area (Å²) in [4.78, 5) is 12.0. The summed E-state index contributed by atoms with van der Waals surface area (Å²) in [6, 6.07) is 2.02. The van der Waals surface area contributed by atoms with Gasteiger partial charge in [-0.15, -0.1) is 0 Å². The number of pyridine rings is 1. The van der Waals surface area contributed by atoms with Gasteiger partial charge in [0.25, 0.3) is 5.56 Å². The fraction of sp³-hybridized carbons (Fsp3) is 0.500. The van der Waals surface area contributed by atoms with Crippen LogP contribution in [0, 0.1) is 11.3 Å². The molecule has 2 heterocycles. The molecule has 0 fully saturated rings. The van der Waals surface area contributed by atoms with Crippen molar-refractivity contribution in [2.24, 2.45) is 0 Å². The maximum atomic E-state index is 12.0.